The minimum absolute atomic E-state index is 0.126. The van der Waals surface area contributed by atoms with Crippen LogP contribution in [0.2, 0.25) is 10.0 Å². The van der Waals surface area contributed by atoms with Gasteiger partial charge in [0.15, 0.2) is 16.6 Å². The summed E-state index contributed by atoms with van der Waals surface area (Å²) in [4.78, 5) is 5.97. The van der Waals surface area contributed by atoms with Crippen molar-refractivity contribution in [2.45, 2.75) is 19.4 Å². The smallest absolute Gasteiger partial charge is 0.178 e. The average Bonchev–Trinajstić information content (AvgIpc) is 2.65. The van der Waals surface area contributed by atoms with E-state index in [4.69, 9.17) is 35.4 Å². The highest BCUT2D eigenvalue weighted by Crippen LogP contribution is 2.46. The Hall–Kier alpha value is -1.76. The van der Waals surface area contributed by atoms with Crippen molar-refractivity contribution < 1.29 is 10.2 Å². The Kier molecular flexibility index (Phi) is 5.51. The number of benzene rings is 1. The van der Waals surface area contributed by atoms with Gasteiger partial charge in [-0.05, 0) is 53.9 Å². The Labute approximate surface area is 161 Å². The van der Waals surface area contributed by atoms with E-state index < -0.39 is 0 Å². The number of rotatable bonds is 3. The maximum absolute atomic E-state index is 9.90. The molecule has 5 nitrogen and oxygen atoms in total. The molecule has 0 spiro atoms. The molecule has 3 rings (SSSR count). The fourth-order valence-corrected chi connectivity index (χ4v) is 3.67. The molecule has 0 atom stereocenters. The maximum atomic E-state index is 9.90. The Morgan fingerprint density at radius 2 is 1.80 bits per heavy atom. The van der Waals surface area contributed by atoms with E-state index in [1.54, 1.807) is 12.4 Å². The SMILES string of the molecule is Oc1c(O)c(Cl)c2c(c1Cl)CCN(C(=S)NCCc1ccncc1)C2. The fourth-order valence-electron chi connectivity index (χ4n) is 2.85. The molecule has 0 saturated carbocycles. The van der Waals surface area contributed by atoms with Gasteiger partial charge in [-0.1, -0.05) is 23.2 Å². The topological polar surface area (TPSA) is 68.6 Å². The molecule has 1 aliphatic heterocycles. The van der Waals surface area contributed by atoms with E-state index in [9.17, 15) is 10.2 Å². The van der Waals surface area contributed by atoms with E-state index in [0.717, 1.165) is 12.0 Å². The van der Waals surface area contributed by atoms with Gasteiger partial charge in [0.2, 0.25) is 0 Å². The highest BCUT2D eigenvalue weighted by atomic mass is 35.5. The Balaban J connectivity index is 1.65. The molecule has 3 N–H and O–H groups in total. The molecule has 0 amide bonds. The maximum Gasteiger partial charge on any atom is 0.178 e. The van der Waals surface area contributed by atoms with E-state index in [2.05, 4.69) is 10.3 Å². The first-order valence-electron chi connectivity index (χ1n) is 7.81. The largest absolute Gasteiger partial charge is 0.503 e. The number of nitrogens with one attached hydrogen (secondary N) is 1. The quantitative estimate of drug-likeness (QED) is 0.545. The van der Waals surface area contributed by atoms with E-state index >= 15 is 0 Å². The number of pyridine rings is 1. The van der Waals surface area contributed by atoms with Crippen LogP contribution in [0.4, 0.5) is 0 Å². The zero-order valence-electron chi connectivity index (χ0n) is 13.3. The van der Waals surface area contributed by atoms with Crippen LogP contribution < -0.4 is 5.32 Å². The average molecular weight is 398 g/mol. The molecular weight excluding hydrogens is 381 g/mol. The number of phenols is 2. The number of halogens is 2. The zero-order chi connectivity index (χ0) is 18.0. The van der Waals surface area contributed by atoms with Crippen LogP contribution in [-0.4, -0.2) is 38.3 Å². The highest BCUT2D eigenvalue weighted by molar-refractivity contribution is 7.80. The van der Waals surface area contributed by atoms with E-state index in [1.165, 1.54) is 5.56 Å². The lowest BCUT2D eigenvalue weighted by atomic mass is 9.98. The molecule has 132 valence electrons. The summed E-state index contributed by atoms with van der Waals surface area (Å²) in [6.07, 6.45) is 4.97. The lowest BCUT2D eigenvalue weighted by Gasteiger charge is -2.32. The van der Waals surface area contributed by atoms with Crippen LogP contribution >= 0.6 is 35.4 Å². The van der Waals surface area contributed by atoms with Gasteiger partial charge in [-0.3, -0.25) is 4.98 Å². The molecule has 2 heterocycles. The Bertz CT molecular complexity index is 802. The molecule has 2 aromatic rings. The van der Waals surface area contributed by atoms with Gasteiger partial charge in [0.25, 0.3) is 0 Å². The summed E-state index contributed by atoms with van der Waals surface area (Å²) in [6.45, 7) is 1.80. The van der Waals surface area contributed by atoms with Crippen molar-refractivity contribution in [3.05, 3.63) is 51.3 Å². The van der Waals surface area contributed by atoms with Crippen LogP contribution in [0.15, 0.2) is 24.5 Å². The molecule has 0 radical (unpaired) electrons. The van der Waals surface area contributed by atoms with Crippen molar-refractivity contribution in [2.75, 3.05) is 13.1 Å². The Morgan fingerprint density at radius 1 is 1.16 bits per heavy atom. The van der Waals surface area contributed by atoms with E-state index in [1.807, 2.05) is 17.0 Å². The van der Waals surface area contributed by atoms with Crippen molar-refractivity contribution in [3.63, 3.8) is 0 Å². The van der Waals surface area contributed by atoms with Crippen LogP contribution in [0.1, 0.15) is 16.7 Å². The summed E-state index contributed by atoms with van der Waals surface area (Å²) >= 11 is 17.8. The molecule has 0 unspecified atom stereocenters. The molecule has 0 bridgehead atoms. The summed E-state index contributed by atoms with van der Waals surface area (Å²) in [5, 5.41) is 23.9. The fraction of sp³-hybridized carbons (Fsp3) is 0.294. The molecule has 1 aromatic carbocycles. The lowest BCUT2D eigenvalue weighted by molar-refractivity contribution is 0.375. The molecule has 8 heteroatoms. The molecule has 0 aliphatic carbocycles. The zero-order valence-corrected chi connectivity index (χ0v) is 15.6. The van der Waals surface area contributed by atoms with Crippen molar-refractivity contribution >= 4 is 40.5 Å². The van der Waals surface area contributed by atoms with Gasteiger partial charge in [0, 0.05) is 32.0 Å². The van der Waals surface area contributed by atoms with Crippen LogP contribution in [0.3, 0.4) is 0 Å². The van der Waals surface area contributed by atoms with Crippen molar-refractivity contribution in [2.24, 2.45) is 0 Å². The lowest BCUT2D eigenvalue weighted by Crippen LogP contribution is -2.43. The number of hydrogen-bond acceptors (Lipinski definition) is 4. The number of hydrogen-bond donors (Lipinski definition) is 3. The number of nitrogens with zero attached hydrogens (tertiary/aromatic N) is 2. The second-order valence-corrected chi connectivity index (χ2v) is 6.93. The van der Waals surface area contributed by atoms with Crippen molar-refractivity contribution in [1.82, 2.24) is 15.2 Å². The summed E-state index contributed by atoms with van der Waals surface area (Å²) in [5.41, 5.74) is 2.65. The minimum Gasteiger partial charge on any atom is -0.503 e. The van der Waals surface area contributed by atoms with Gasteiger partial charge in [-0.25, -0.2) is 0 Å². The number of aromatic nitrogens is 1. The molecular formula is C17H17Cl2N3O2S. The van der Waals surface area contributed by atoms with Gasteiger partial charge in [-0.15, -0.1) is 0 Å². The molecule has 25 heavy (non-hydrogen) atoms. The molecule has 0 saturated heterocycles. The van der Waals surface area contributed by atoms with Gasteiger partial charge < -0.3 is 20.4 Å². The number of fused-ring (bicyclic) bond motifs is 1. The summed E-state index contributed by atoms with van der Waals surface area (Å²) < 4.78 is 0. The van der Waals surface area contributed by atoms with Gasteiger partial charge in [-0.2, -0.15) is 0 Å². The van der Waals surface area contributed by atoms with Crippen molar-refractivity contribution in [3.8, 4) is 11.5 Å². The first-order valence-corrected chi connectivity index (χ1v) is 8.97. The van der Waals surface area contributed by atoms with Crippen LogP contribution in [0.25, 0.3) is 0 Å². The van der Waals surface area contributed by atoms with Crippen molar-refractivity contribution in [1.29, 1.82) is 0 Å². The normalized spacial score (nSPS) is 13.4. The summed E-state index contributed by atoms with van der Waals surface area (Å²) in [6, 6.07) is 3.94. The van der Waals surface area contributed by atoms with Crippen LogP contribution in [0.5, 0.6) is 11.5 Å². The highest BCUT2D eigenvalue weighted by Gasteiger charge is 2.27. The van der Waals surface area contributed by atoms with Gasteiger partial charge in [0.1, 0.15) is 0 Å². The van der Waals surface area contributed by atoms with Gasteiger partial charge in [0.05, 0.1) is 10.0 Å². The molecule has 1 aliphatic rings. The minimum atomic E-state index is -0.385. The monoisotopic (exact) mass is 397 g/mol. The first-order chi connectivity index (χ1) is 12.0. The van der Waals surface area contributed by atoms with E-state index in [0.29, 0.717) is 36.7 Å². The predicted molar refractivity (Wildman–Crippen MR) is 102 cm³/mol. The van der Waals surface area contributed by atoms with E-state index in [-0.39, 0.29) is 21.5 Å². The summed E-state index contributed by atoms with van der Waals surface area (Å²) in [5.74, 6) is -0.749. The predicted octanol–water partition coefficient (Wildman–Crippen LogP) is 3.27. The van der Waals surface area contributed by atoms with Crippen LogP contribution in [-0.2, 0) is 19.4 Å². The number of aromatic hydroxyl groups is 2. The van der Waals surface area contributed by atoms with Crippen LogP contribution in [0, 0.1) is 0 Å². The third kappa shape index (κ3) is 3.76. The first kappa shape index (κ1) is 18.0. The third-order valence-corrected chi connectivity index (χ3v) is 5.46. The molecule has 0 fully saturated rings. The number of thiocarbonyl (C=S) groups is 1. The second-order valence-electron chi connectivity index (χ2n) is 5.79. The summed E-state index contributed by atoms with van der Waals surface area (Å²) in [7, 11) is 0. The standard InChI is InChI=1S/C17H17Cl2N3O2S/c18-13-11-4-8-22(9-12(11)14(19)16(24)15(13)23)17(25)21-7-3-10-1-5-20-6-2-10/h1-2,5-6,23-24H,3-4,7-9H2,(H,21,25). The second kappa shape index (κ2) is 7.64. The van der Waals surface area contributed by atoms with Gasteiger partial charge >= 0.3 is 0 Å². The number of phenolic OH excluding ortho intramolecular Hbond substituents is 2. The Morgan fingerprint density at radius 3 is 2.48 bits per heavy atom. The third-order valence-electron chi connectivity index (χ3n) is 4.24. The molecule has 1 aromatic heterocycles.